The molecule has 72 valence electrons. The predicted octanol–water partition coefficient (Wildman–Crippen LogP) is 1.17. The molecule has 0 amide bonds. The molecule has 1 unspecified atom stereocenters. The zero-order valence-electron chi connectivity index (χ0n) is 8.33. The molecule has 0 aromatic heterocycles. The first-order valence-corrected chi connectivity index (χ1v) is 4.31. The van der Waals surface area contributed by atoms with Gasteiger partial charge >= 0.3 is 5.97 Å². The summed E-state index contributed by atoms with van der Waals surface area (Å²) in [5.41, 5.74) is 5.79. The van der Waals surface area contributed by atoms with Crippen LogP contribution in [0, 0.1) is 11.8 Å². The zero-order valence-corrected chi connectivity index (χ0v) is 8.33. The Labute approximate surface area is 74.3 Å². The number of carbonyl (C=O) groups excluding carboxylic acids is 1. The Morgan fingerprint density at radius 3 is 2.25 bits per heavy atom. The van der Waals surface area contributed by atoms with Gasteiger partial charge in [0, 0.05) is 6.04 Å². The topological polar surface area (TPSA) is 52.3 Å². The van der Waals surface area contributed by atoms with Crippen LogP contribution in [0.3, 0.4) is 0 Å². The fraction of sp³-hybridized carbons (Fsp3) is 0.889. The lowest BCUT2D eigenvalue weighted by Gasteiger charge is -2.21. The highest BCUT2D eigenvalue weighted by atomic mass is 16.5. The van der Waals surface area contributed by atoms with Crippen LogP contribution in [0.2, 0.25) is 0 Å². The lowest BCUT2D eigenvalue weighted by atomic mass is 9.89. The standard InChI is InChI=1S/C9H19NO2/c1-6(2)7(3)8(10)5-9(11)12-4/h6-8H,5,10H2,1-4H3/t7?,8-/m0/s1. The van der Waals surface area contributed by atoms with Crippen molar-refractivity contribution in [3.05, 3.63) is 0 Å². The highest BCUT2D eigenvalue weighted by Crippen LogP contribution is 2.15. The third-order valence-electron chi connectivity index (χ3n) is 2.36. The normalized spacial score (nSPS) is 15.8. The number of hydrogen-bond donors (Lipinski definition) is 1. The number of hydrogen-bond acceptors (Lipinski definition) is 3. The Balaban J connectivity index is 3.86. The molecule has 0 radical (unpaired) electrons. The van der Waals surface area contributed by atoms with Crippen LogP contribution in [0.25, 0.3) is 0 Å². The Kier molecular flexibility index (Phi) is 4.90. The molecule has 3 nitrogen and oxygen atoms in total. The molecule has 2 atom stereocenters. The number of nitrogens with two attached hydrogens (primary N) is 1. The number of esters is 1. The number of carbonyl (C=O) groups is 1. The van der Waals surface area contributed by atoms with Gasteiger partial charge in [-0.3, -0.25) is 4.79 Å². The number of ether oxygens (including phenoxy) is 1. The second-order valence-corrected chi connectivity index (χ2v) is 3.55. The first-order valence-electron chi connectivity index (χ1n) is 4.31. The van der Waals surface area contributed by atoms with E-state index in [0.29, 0.717) is 18.3 Å². The summed E-state index contributed by atoms with van der Waals surface area (Å²) in [5, 5.41) is 0. The van der Waals surface area contributed by atoms with Gasteiger partial charge in [-0.25, -0.2) is 0 Å². The van der Waals surface area contributed by atoms with Gasteiger partial charge in [-0.2, -0.15) is 0 Å². The van der Waals surface area contributed by atoms with E-state index < -0.39 is 0 Å². The fourth-order valence-electron chi connectivity index (χ4n) is 0.956. The van der Waals surface area contributed by atoms with Gasteiger partial charge < -0.3 is 10.5 Å². The van der Waals surface area contributed by atoms with Crippen molar-refractivity contribution in [2.45, 2.75) is 33.2 Å². The second-order valence-electron chi connectivity index (χ2n) is 3.55. The predicted molar refractivity (Wildman–Crippen MR) is 48.6 cm³/mol. The third-order valence-corrected chi connectivity index (χ3v) is 2.36. The molecule has 0 bridgehead atoms. The average molecular weight is 173 g/mol. The van der Waals surface area contributed by atoms with E-state index in [1.807, 2.05) is 0 Å². The first kappa shape index (κ1) is 11.4. The minimum atomic E-state index is -0.227. The van der Waals surface area contributed by atoms with E-state index in [1.165, 1.54) is 7.11 Å². The Hall–Kier alpha value is -0.570. The van der Waals surface area contributed by atoms with Crippen LogP contribution in [0.1, 0.15) is 27.2 Å². The van der Waals surface area contributed by atoms with E-state index in [2.05, 4.69) is 25.5 Å². The molecule has 0 aliphatic heterocycles. The van der Waals surface area contributed by atoms with Crippen molar-refractivity contribution in [3.63, 3.8) is 0 Å². The highest BCUT2D eigenvalue weighted by molar-refractivity contribution is 5.69. The van der Waals surface area contributed by atoms with Crippen LogP contribution >= 0.6 is 0 Å². The van der Waals surface area contributed by atoms with Gasteiger partial charge in [0.1, 0.15) is 0 Å². The maximum absolute atomic E-state index is 10.8. The summed E-state index contributed by atoms with van der Waals surface area (Å²) in [6.45, 7) is 6.25. The van der Waals surface area contributed by atoms with Crippen molar-refractivity contribution in [1.29, 1.82) is 0 Å². The lowest BCUT2D eigenvalue weighted by molar-refractivity contribution is -0.141. The Morgan fingerprint density at radius 1 is 1.42 bits per heavy atom. The molecule has 0 saturated carbocycles. The molecule has 0 rings (SSSR count). The van der Waals surface area contributed by atoms with Gasteiger partial charge in [0.15, 0.2) is 0 Å². The molecule has 0 heterocycles. The molecular weight excluding hydrogens is 154 g/mol. The molecule has 2 N–H and O–H groups in total. The van der Waals surface area contributed by atoms with Crippen molar-refractivity contribution < 1.29 is 9.53 Å². The molecule has 3 heteroatoms. The fourth-order valence-corrected chi connectivity index (χ4v) is 0.956. The van der Waals surface area contributed by atoms with Crippen LogP contribution in [0.4, 0.5) is 0 Å². The van der Waals surface area contributed by atoms with Gasteiger partial charge in [0.05, 0.1) is 13.5 Å². The van der Waals surface area contributed by atoms with E-state index in [-0.39, 0.29) is 12.0 Å². The van der Waals surface area contributed by atoms with Crippen LogP contribution < -0.4 is 5.73 Å². The highest BCUT2D eigenvalue weighted by Gasteiger charge is 2.19. The third kappa shape index (κ3) is 3.72. The summed E-state index contributed by atoms with van der Waals surface area (Å²) in [4.78, 5) is 10.8. The van der Waals surface area contributed by atoms with E-state index in [0.717, 1.165) is 0 Å². The quantitative estimate of drug-likeness (QED) is 0.649. The van der Waals surface area contributed by atoms with E-state index in [4.69, 9.17) is 5.73 Å². The van der Waals surface area contributed by atoms with Gasteiger partial charge in [-0.15, -0.1) is 0 Å². The molecule has 0 spiro atoms. The van der Waals surface area contributed by atoms with E-state index in [1.54, 1.807) is 0 Å². The van der Waals surface area contributed by atoms with Crippen LogP contribution in [-0.4, -0.2) is 19.1 Å². The van der Waals surface area contributed by atoms with E-state index in [9.17, 15) is 4.79 Å². The summed E-state index contributed by atoms with van der Waals surface area (Å²) >= 11 is 0. The SMILES string of the molecule is COC(=O)C[C@H](N)C(C)C(C)C. The zero-order chi connectivity index (χ0) is 9.72. The van der Waals surface area contributed by atoms with Crippen LogP contribution in [-0.2, 0) is 9.53 Å². The van der Waals surface area contributed by atoms with Crippen LogP contribution in [0.5, 0.6) is 0 Å². The minimum absolute atomic E-state index is 0.0857. The number of rotatable bonds is 4. The molecule has 12 heavy (non-hydrogen) atoms. The van der Waals surface area contributed by atoms with Gasteiger partial charge in [-0.1, -0.05) is 20.8 Å². The van der Waals surface area contributed by atoms with Gasteiger partial charge in [0.25, 0.3) is 0 Å². The molecule has 0 fully saturated rings. The lowest BCUT2D eigenvalue weighted by Crippen LogP contribution is -2.33. The first-order chi connectivity index (χ1) is 5.49. The maximum atomic E-state index is 10.8. The molecule has 0 aliphatic rings. The van der Waals surface area contributed by atoms with Gasteiger partial charge in [-0.05, 0) is 11.8 Å². The average Bonchev–Trinajstić information content (AvgIpc) is 2.02. The smallest absolute Gasteiger partial charge is 0.307 e. The van der Waals surface area contributed by atoms with Crippen molar-refractivity contribution in [1.82, 2.24) is 0 Å². The Morgan fingerprint density at radius 2 is 1.92 bits per heavy atom. The van der Waals surface area contributed by atoms with Crippen molar-refractivity contribution in [3.8, 4) is 0 Å². The largest absolute Gasteiger partial charge is 0.469 e. The van der Waals surface area contributed by atoms with E-state index >= 15 is 0 Å². The second kappa shape index (κ2) is 5.14. The molecular formula is C9H19NO2. The summed E-state index contributed by atoms with van der Waals surface area (Å²) in [7, 11) is 1.38. The maximum Gasteiger partial charge on any atom is 0.307 e. The summed E-state index contributed by atoms with van der Waals surface area (Å²) in [5.74, 6) is 0.628. The molecule has 0 aromatic carbocycles. The molecule has 0 aliphatic carbocycles. The van der Waals surface area contributed by atoms with Crippen molar-refractivity contribution in [2.75, 3.05) is 7.11 Å². The molecule has 0 aromatic rings. The Bertz CT molecular complexity index is 145. The number of methoxy groups -OCH3 is 1. The summed E-state index contributed by atoms with van der Waals surface area (Å²) in [6.07, 6.45) is 0.315. The van der Waals surface area contributed by atoms with Crippen molar-refractivity contribution >= 4 is 5.97 Å². The molecule has 0 saturated heterocycles. The van der Waals surface area contributed by atoms with Gasteiger partial charge in [0.2, 0.25) is 0 Å². The van der Waals surface area contributed by atoms with Crippen molar-refractivity contribution in [2.24, 2.45) is 17.6 Å². The summed E-state index contributed by atoms with van der Waals surface area (Å²) < 4.78 is 4.53. The minimum Gasteiger partial charge on any atom is -0.469 e. The van der Waals surface area contributed by atoms with Crippen LogP contribution in [0.15, 0.2) is 0 Å². The monoisotopic (exact) mass is 173 g/mol. The summed E-state index contributed by atoms with van der Waals surface area (Å²) in [6, 6.07) is -0.0857.